The molecule has 0 amide bonds. The first kappa shape index (κ1) is 14.9. The molecule has 102 valence electrons. The van der Waals surface area contributed by atoms with Crippen LogP contribution in [0.25, 0.3) is 0 Å². The molecule has 1 saturated heterocycles. The lowest BCUT2D eigenvalue weighted by Gasteiger charge is -2.29. The molecule has 1 N–H and O–H groups in total. The van der Waals surface area contributed by atoms with Crippen molar-refractivity contribution in [1.82, 2.24) is 10.2 Å². The number of likely N-dealkylation sites (N-methyl/N-ethyl adjacent to an activating group) is 1. The summed E-state index contributed by atoms with van der Waals surface area (Å²) in [7, 11) is 2.07. The van der Waals surface area contributed by atoms with Crippen LogP contribution in [-0.2, 0) is 14.2 Å². The Bertz CT molecular complexity index is 181. The number of morpholine rings is 1. The Morgan fingerprint density at radius 1 is 1.35 bits per heavy atom. The van der Waals surface area contributed by atoms with Gasteiger partial charge in [0.05, 0.1) is 12.7 Å². The van der Waals surface area contributed by atoms with Gasteiger partial charge in [0, 0.05) is 39.4 Å². The van der Waals surface area contributed by atoms with Gasteiger partial charge in [0.25, 0.3) is 0 Å². The van der Waals surface area contributed by atoms with Crippen LogP contribution in [0.3, 0.4) is 0 Å². The van der Waals surface area contributed by atoms with Gasteiger partial charge in [0.2, 0.25) is 0 Å². The van der Waals surface area contributed by atoms with Crippen LogP contribution < -0.4 is 5.32 Å². The predicted octanol–water partition coefficient (Wildman–Crippen LogP) is 0.306. The predicted molar refractivity (Wildman–Crippen MR) is 67.1 cm³/mol. The lowest BCUT2D eigenvalue weighted by molar-refractivity contribution is -0.147. The SMILES string of the molecule is CCOC(CN(C)CC1CNCCO1)OCC. The summed E-state index contributed by atoms with van der Waals surface area (Å²) in [6.07, 6.45) is 0.143. The highest BCUT2D eigenvalue weighted by molar-refractivity contribution is 4.71. The minimum absolute atomic E-state index is 0.133. The maximum Gasteiger partial charge on any atom is 0.170 e. The van der Waals surface area contributed by atoms with E-state index in [1.54, 1.807) is 0 Å². The van der Waals surface area contributed by atoms with E-state index in [9.17, 15) is 0 Å². The molecule has 1 atom stereocenters. The Morgan fingerprint density at radius 3 is 2.59 bits per heavy atom. The maximum atomic E-state index is 5.66. The molecule has 5 nitrogen and oxygen atoms in total. The standard InChI is InChI=1S/C12H26N2O3/c1-4-15-12(16-5-2)10-14(3)9-11-8-13-6-7-17-11/h11-13H,4-10H2,1-3H3. The van der Waals surface area contributed by atoms with Crippen molar-refractivity contribution in [2.75, 3.05) is 53.0 Å². The molecule has 1 fully saturated rings. The highest BCUT2D eigenvalue weighted by Gasteiger charge is 2.18. The Kier molecular flexibility index (Phi) is 7.72. The Hall–Kier alpha value is -0.200. The molecule has 0 aromatic heterocycles. The van der Waals surface area contributed by atoms with Crippen LogP contribution in [0.2, 0.25) is 0 Å². The fourth-order valence-electron chi connectivity index (χ4n) is 1.94. The molecule has 0 bridgehead atoms. The van der Waals surface area contributed by atoms with Crippen molar-refractivity contribution in [3.63, 3.8) is 0 Å². The smallest absolute Gasteiger partial charge is 0.170 e. The molecule has 1 rings (SSSR count). The molecule has 0 radical (unpaired) electrons. The largest absolute Gasteiger partial charge is 0.374 e. The number of ether oxygens (including phenoxy) is 3. The summed E-state index contributed by atoms with van der Waals surface area (Å²) < 4.78 is 16.7. The number of hydrogen-bond acceptors (Lipinski definition) is 5. The van der Waals surface area contributed by atoms with Gasteiger partial charge < -0.3 is 19.5 Å². The van der Waals surface area contributed by atoms with Gasteiger partial charge in [-0.3, -0.25) is 4.90 Å². The molecule has 0 aromatic carbocycles. The molecule has 1 aliphatic heterocycles. The van der Waals surface area contributed by atoms with Gasteiger partial charge in [-0.15, -0.1) is 0 Å². The molecular formula is C12H26N2O3. The molecule has 1 heterocycles. The monoisotopic (exact) mass is 246 g/mol. The summed E-state index contributed by atoms with van der Waals surface area (Å²) in [6, 6.07) is 0. The van der Waals surface area contributed by atoms with Gasteiger partial charge in [-0.2, -0.15) is 0 Å². The lowest BCUT2D eigenvalue weighted by atomic mass is 10.3. The van der Waals surface area contributed by atoms with Gasteiger partial charge >= 0.3 is 0 Å². The quantitative estimate of drug-likeness (QED) is 0.624. The fourth-order valence-corrected chi connectivity index (χ4v) is 1.94. The van der Waals surface area contributed by atoms with Crippen molar-refractivity contribution in [3.05, 3.63) is 0 Å². The first-order chi connectivity index (χ1) is 8.26. The second-order valence-electron chi connectivity index (χ2n) is 4.26. The first-order valence-electron chi connectivity index (χ1n) is 6.50. The Balaban J connectivity index is 2.22. The Morgan fingerprint density at radius 2 is 2.06 bits per heavy atom. The summed E-state index contributed by atoms with van der Waals surface area (Å²) in [4.78, 5) is 2.20. The third-order valence-corrected chi connectivity index (χ3v) is 2.69. The minimum Gasteiger partial charge on any atom is -0.374 e. The van der Waals surface area contributed by atoms with Crippen molar-refractivity contribution in [3.8, 4) is 0 Å². The van der Waals surface area contributed by atoms with Gasteiger partial charge in [-0.25, -0.2) is 0 Å². The van der Waals surface area contributed by atoms with Crippen molar-refractivity contribution >= 4 is 0 Å². The molecule has 0 spiro atoms. The van der Waals surface area contributed by atoms with E-state index in [1.807, 2.05) is 13.8 Å². The molecule has 0 saturated carbocycles. The number of nitrogens with one attached hydrogen (secondary N) is 1. The first-order valence-corrected chi connectivity index (χ1v) is 6.50. The average molecular weight is 246 g/mol. The zero-order valence-electron chi connectivity index (χ0n) is 11.3. The topological polar surface area (TPSA) is 43.0 Å². The van der Waals surface area contributed by atoms with E-state index in [0.717, 1.165) is 32.8 Å². The van der Waals surface area contributed by atoms with Crippen LogP contribution >= 0.6 is 0 Å². The van der Waals surface area contributed by atoms with Gasteiger partial charge in [-0.05, 0) is 20.9 Å². The second-order valence-corrected chi connectivity index (χ2v) is 4.26. The van der Waals surface area contributed by atoms with Crippen molar-refractivity contribution in [1.29, 1.82) is 0 Å². The van der Waals surface area contributed by atoms with E-state index in [2.05, 4.69) is 17.3 Å². The van der Waals surface area contributed by atoms with Crippen LogP contribution in [0.4, 0.5) is 0 Å². The van der Waals surface area contributed by atoms with Crippen molar-refractivity contribution < 1.29 is 14.2 Å². The third-order valence-electron chi connectivity index (χ3n) is 2.69. The van der Waals surface area contributed by atoms with Gasteiger partial charge in [0.1, 0.15) is 0 Å². The zero-order chi connectivity index (χ0) is 12.5. The van der Waals surface area contributed by atoms with Crippen molar-refractivity contribution in [2.45, 2.75) is 26.2 Å². The Labute approximate surface area is 104 Å². The molecule has 0 aromatic rings. The summed E-state index contributed by atoms with van der Waals surface area (Å²) in [6.45, 7) is 9.71. The highest BCUT2D eigenvalue weighted by atomic mass is 16.7. The molecule has 5 heteroatoms. The van der Waals surface area contributed by atoms with E-state index in [4.69, 9.17) is 14.2 Å². The molecular weight excluding hydrogens is 220 g/mol. The van der Waals surface area contributed by atoms with Crippen LogP contribution in [0.1, 0.15) is 13.8 Å². The summed E-state index contributed by atoms with van der Waals surface area (Å²) in [5.74, 6) is 0. The minimum atomic E-state index is -0.133. The van der Waals surface area contributed by atoms with E-state index in [1.165, 1.54) is 0 Å². The van der Waals surface area contributed by atoms with Crippen molar-refractivity contribution in [2.24, 2.45) is 0 Å². The van der Waals surface area contributed by atoms with Crippen LogP contribution in [0.15, 0.2) is 0 Å². The summed E-state index contributed by atoms with van der Waals surface area (Å²) in [5, 5.41) is 3.33. The van der Waals surface area contributed by atoms with E-state index >= 15 is 0 Å². The van der Waals surface area contributed by atoms with Crippen LogP contribution in [0, 0.1) is 0 Å². The normalized spacial score (nSPS) is 21.4. The lowest BCUT2D eigenvalue weighted by Crippen LogP contribution is -2.46. The van der Waals surface area contributed by atoms with E-state index < -0.39 is 0 Å². The summed E-state index contributed by atoms with van der Waals surface area (Å²) >= 11 is 0. The van der Waals surface area contributed by atoms with E-state index in [0.29, 0.717) is 13.2 Å². The van der Waals surface area contributed by atoms with Crippen LogP contribution in [0.5, 0.6) is 0 Å². The average Bonchev–Trinajstić information content (AvgIpc) is 2.30. The maximum absolute atomic E-state index is 5.66. The van der Waals surface area contributed by atoms with E-state index in [-0.39, 0.29) is 12.4 Å². The molecule has 1 aliphatic rings. The molecule has 17 heavy (non-hydrogen) atoms. The third kappa shape index (κ3) is 6.33. The molecule has 0 aliphatic carbocycles. The number of nitrogens with zero attached hydrogens (tertiary/aromatic N) is 1. The highest BCUT2D eigenvalue weighted by Crippen LogP contribution is 2.02. The van der Waals surface area contributed by atoms with Crippen LogP contribution in [-0.4, -0.2) is 70.3 Å². The van der Waals surface area contributed by atoms with Gasteiger partial charge in [0.15, 0.2) is 6.29 Å². The number of hydrogen-bond donors (Lipinski definition) is 1. The molecule has 1 unspecified atom stereocenters. The van der Waals surface area contributed by atoms with Gasteiger partial charge in [-0.1, -0.05) is 0 Å². The fraction of sp³-hybridized carbons (Fsp3) is 1.00. The summed E-state index contributed by atoms with van der Waals surface area (Å²) in [5.41, 5.74) is 0. The number of rotatable bonds is 8. The second kappa shape index (κ2) is 8.83. The zero-order valence-corrected chi connectivity index (χ0v) is 11.3.